The maximum absolute atomic E-state index is 5.73. The van der Waals surface area contributed by atoms with Crippen LogP contribution in [0.3, 0.4) is 0 Å². The lowest BCUT2D eigenvalue weighted by Crippen LogP contribution is -1.84. The molecule has 84 valence electrons. The molecule has 4 heteroatoms. The van der Waals surface area contributed by atoms with Crippen LogP contribution in [0.1, 0.15) is 0 Å². The molecule has 2 aromatic carbocycles. The number of ether oxygens (including phenoxy) is 1. The standard InChI is InChI=1S/C12H8I2O.ClH/c13-9-3-1-5-11(7-9)15-12-6-2-4-10(14)8-12;/h1-8H;1H. The van der Waals surface area contributed by atoms with E-state index >= 15 is 0 Å². The van der Waals surface area contributed by atoms with E-state index < -0.39 is 0 Å². The second-order valence-electron chi connectivity index (χ2n) is 3.02. The van der Waals surface area contributed by atoms with Crippen molar-refractivity contribution in [2.24, 2.45) is 0 Å². The van der Waals surface area contributed by atoms with E-state index in [0.717, 1.165) is 11.5 Å². The van der Waals surface area contributed by atoms with E-state index in [9.17, 15) is 0 Å². The third kappa shape index (κ3) is 4.10. The predicted octanol–water partition coefficient (Wildman–Crippen LogP) is 5.11. The summed E-state index contributed by atoms with van der Waals surface area (Å²) in [7, 11) is 0. The molecule has 0 spiro atoms. The smallest absolute Gasteiger partial charge is 0.128 e. The summed E-state index contributed by atoms with van der Waals surface area (Å²) in [6, 6.07) is 16.0. The van der Waals surface area contributed by atoms with Crippen LogP contribution in [-0.4, -0.2) is 0 Å². The highest BCUT2D eigenvalue weighted by atomic mass is 127. The Labute approximate surface area is 128 Å². The monoisotopic (exact) mass is 458 g/mol. The van der Waals surface area contributed by atoms with Crippen molar-refractivity contribution in [1.82, 2.24) is 0 Å². The minimum Gasteiger partial charge on any atom is -0.457 e. The Morgan fingerprint density at radius 1 is 0.750 bits per heavy atom. The maximum atomic E-state index is 5.73. The number of benzene rings is 2. The molecule has 0 fully saturated rings. The van der Waals surface area contributed by atoms with Crippen molar-refractivity contribution in [1.29, 1.82) is 0 Å². The van der Waals surface area contributed by atoms with Crippen molar-refractivity contribution in [3.8, 4) is 11.5 Å². The predicted molar refractivity (Wildman–Crippen MR) is 85.6 cm³/mol. The van der Waals surface area contributed by atoms with Gasteiger partial charge in [0.2, 0.25) is 0 Å². The first kappa shape index (κ1) is 14.1. The minimum atomic E-state index is 0. The Morgan fingerprint density at radius 3 is 1.56 bits per heavy atom. The number of rotatable bonds is 2. The highest BCUT2D eigenvalue weighted by molar-refractivity contribution is 14.1. The summed E-state index contributed by atoms with van der Waals surface area (Å²) in [5.74, 6) is 1.76. The highest BCUT2D eigenvalue weighted by Crippen LogP contribution is 2.23. The van der Waals surface area contributed by atoms with E-state index in [-0.39, 0.29) is 12.4 Å². The molecular weight excluding hydrogens is 449 g/mol. The largest absolute Gasteiger partial charge is 0.457 e. The molecule has 2 aromatic rings. The van der Waals surface area contributed by atoms with Gasteiger partial charge in [-0.25, -0.2) is 0 Å². The van der Waals surface area contributed by atoms with Crippen molar-refractivity contribution >= 4 is 57.6 Å². The molecular formula is C12H9ClI2O. The zero-order chi connectivity index (χ0) is 10.7. The lowest BCUT2D eigenvalue weighted by molar-refractivity contribution is 0.482. The van der Waals surface area contributed by atoms with Crippen LogP contribution in [0.5, 0.6) is 11.5 Å². The summed E-state index contributed by atoms with van der Waals surface area (Å²) >= 11 is 4.55. The minimum absolute atomic E-state index is 0. The average Bonchev–Trinajstić information content (AvgIpc) is 2.17. The number of hydrogen-bond donors (Lipinski definition) is 0. The van der Waals surface area contributed by atoms with Gasteiger partial charge in [0.05, 0.1) is 0 Å². The van der Waals surface area contributed by atoms with E-state index in [2.05, 4.69) is 45.2 Å². The first-order valence-electron chi connectivity index (χ1n) is 4.43. The van der Waals surface area contributed by atoms with Gasteiger partial charge in [-0.3, -0.25) is 0 Å². The summed E-state index contributed by atoms with van der Waals surface area (Å²) in [5.41, 5.74) is 0. The molecule has 0 unspecified atom stereocenters. The fourth-order valence-corrected chi connectivity index (χ4v) is 2.23. The van der Waals surface area contributed by atoms with E-state index in [4.69, 9.17) is 4.74 Å². The van der Waals surface area contributed by atoms with Gasteiger partial charge in [-0.2, -0.15) is 0 Å². The van der Waals surface area contributed by atoms with Crippen LogP contribution < -0.4 is 4.74 Å². The van der Waals surface area contributed by atoms with Crippen molar-refractivity contribution in [3.63, 3.8) is 0 Å². The molecule has 2 rings (SSSR count). The van der Waals surface area contributed by atoms with Crippen LogP contribution >= 0.6 is 57.6 Å². The molecule has 1 nitrogen and oxygen atoms in total. The van der Waals surface area contributed by atoms with Gasteiger partial charge in [-0.15, -0.1) is 12.4 Å². The highest BCUT2D eigenvalue weighted by Gasteiger charge is 1.97. The first-order chi connectivity index (χ1) is 7.24. The second kappa shape index (κ2) is 6.66. The van der Waals surface area contributed by atoms with E-state index in [0.29, 0.717) is 0 Å². The van der Waals surface area contributed by atoms with Crippen molar-refractivity contribution in [2.45, 2.75) is 0 Å². The molecule has 0 aliphatic rings. The zero-order valence-electron chi connectivity index (χ0n) is 8.19. The Hall–Kier alpha value is -0.0100. The number of hydrogen-bond acceptors (Lipinski definition) is 1. The van der Waals surface area contributed by atoms with Gasteiger partial charge in [-0.05, 0) is 81.6 Å². The summed E-state index contributed by atoms with van der Waals surface area (Å²) in [5, 5.41) is 0. The molecule has 0 atom stereocenters. The molecule has 16 heavy (non-hydrogen) atoms. The van der Waals surface area contributed by atoms with Crippen molar-refractivity contribution in [2.75, 3.05) is 0 Å². The molecule has 0 heterocycles. The quantitative estimate of drug-likeness (QED) is 0.569. The van der Waals surface area contributed by atoms with Crippen LogP contribution in [0.4, 0.5) is 0 Å². The van der Waals surface area contributed by atoms with Gasteiger partial charge >= 0.3 is 0 Å². The lowest BCUT2D eigenvalue weighted by atomic mass is 10.3. The SMILES string of the molecule is Cl.Ic1cccc(Oc2cccc(I)c2)c1. The normalized spacial score (nSPS) is 9.38. The Bertz CT molecular complexity index is 431. The lowest BCUT2D eigenvalue weighted by Gasteiger charge is -2.05. The Morgan fingerprint density at radius 2 is 1.19 bits per heavy atom. The Kier molecular flexibility index (Phi) is 5.85. The topological polar surface area (TPSA) is 9.23 Å². The van der Waals surface area contributed by atoms with E-state index in [1.807, 2.05) is 48.5 Å². The van der Waals surface area contributed by atoms with Crippen LogP contribution in [0.15, 0.2) is 48.5 Å². The fourth-order valence-electron chi connectivity index (χ4n) is 1.20. The van der Waals surface area contributed by atoms with E-state index in [1.165, 1.54) is 7.14 Å². The third-order valence-electron chi connectivity index (χ3n) is 1.83. The van der Waals surface area contributed by atoms with Crippen molar-refractivity contribution < 1.29 is 4.74 Å². The van der Waals surface area contributed by atoms with Crippen LogP contribution in [0.2, 0.25) is 0 Å². The molecule has 0 radical (unpaired) electrons. The molecule has 0 aromatic heterocycles. The summed E-state index contributed by atoms with van der Waals surface area (Å²) < 4.78 is 8.08. The zero-order valence-corrected chi connectivity index (χ0v) is 13.3. The molecule has 0 amide bonds. The van der Waals surface area contributed by atoms with Gasteiger partial charge in [0.1, 0.15) is 11.5 Å². The van der Waals surface area contributed by atoms with Crippen molar-refractivity contribution in [3.05, 3.63) is 55.7 Å². The molecule has 0 aliphatic carbocycles. The maximum Gasteiger partial charge on any atom is 0.128 e. The summed E-state index contributed by atoms with van der Waals surface area (Å²) in [6.45, 7) is 0. The number of halogens is 3. The van der Waals surface area contributed by atoms with Gasteiger partial charge in [0.25, 0.3) is 0 Å². The van der Waals surface area contributed by atoms with E-state index in [1.54, 1.807) is 0 Å². The van der Waals surface area contributed by atoms with Crippen LogP contribution in [0.25, 0.3) is 0 Å². The summed E-state index contributed by atoms with van der Waals surface area (Å²) in [6.07, 6.45) is 0. The average molecular weight is 458 g/mol. The fraction of sp³-hybridized carbons (Fsp3) is 0. The molecule has 0 bridgehead atoms. The van der Waals surface area contributed by atoms with Gasteiger partial charge in [0, 0.05) is 7.14 Å². The Balaban J connectivity index is 0.00000128. The molecule has 0 N–H and O–H groups in total. The third-order valence-corrected chi connectivity index (χ3v) is 3.17. The van der Waals surface area contributed by atoms with Gasteiger partial charge < -0.3 is 4.74 Å². The summed E-state index contributed by atoms with van der Waals surface area (Å²) in [4.78, 5) is 0. The van der Waals surface area contributed by atoms with Crippen LogP contribution in [0, 0.1) is 7.14 Å². The van der Waals surface area contributed by atoms with Crippen LogP contribution in [-0.2, 0) is 0 Å². The molecule has 0 saturated carbocycles. The second-order valence-corrected chi connectivity index (χ2v) is 5.51. The molecule has 0 aliphatic heterocycles. The molecule has 0 saturated heterocycles. The van der Waals surface area contributed by atoms with Gasteiger partial charge in [-0.1, -0.05) is 12.1 Å². The first-order valence-corrected chi connectivity index (χ1v) is 6.59. The van der Waals surface area contributed by atoms with Gasteiger partial charge in [0.15, 0.2) is 0 Å².